The Balaban J connectivity index is 1.51. The highest BCUT2D eigenvalue weighted by Crippen LogP contribution is 2.71. The summed E-state index contributed by atoms with van der Waals surface area (Å²) in [4.78, 5) is 50.0. The number of rotatable bonds is 16. The lowest BCUT2D eigenvalue weighted by Crippen LogP contribution is -2.57. The molecule has 1 aromatic carbocycles. The van der Waals surface area contributed by atoms with Crippen LogP contribution in [0.4, 0.5) is 5.69 Å². The summed E-state index contributed by atoms with van der Waals surface area (Å²) in [6.45, 7) is 14.0. The summed E-state index contributed by atoms with van der Waals surface area (Å²) in [6.07, 6.45) is 13.6. The van der Waals surface area contributed by atoms with Gasteiger partial charge in [-0.05, 0) is 76.6 Å². The number of benzene rings is 1. The Labute approximate surface area is 279 Å². The molecule has 2 bridgehead atoms. The summed E-state index contributed by atoms with van der Waals surface area (Å²) in [7, 11) is 0. The number of carbonyl (C=O) groups excluding carboxylic acids is 3. The van der Waals surface area contributed by atoms with E-state index >= 15 is 0 Å². The van der Waals surface area contributed by atoms with Crippen molar-refractivity contribution in [3.8, 4) is 5.75 Å². The van der Waals surface area contributed by atoms with E-state index in [0.717, 1.165) is 75.6 Å². The number of aliphatic hydroxyl groups is 1. The molecule has 46 heavy (non-hydrogen) atoms. The van der Waals surface area contributed by atoms with E-state index in [0.29, 0.717) is 26.2 Å². The van der Waals surface area contributed by atoms with Gasteiger partial charge in [0.2, 0.25) is 17.7 Å². The predicted molar refractivity (Wildman–Crippen MR) is 185 cm³/mol. The van der Waals surface area contributed by atoms with Crippen molar-refractivity contribution >= 4 is 35.2 Å². The second-order valence-electron chi connectivity index (χ2n) is 13.6. The molecule has 252 valence electrons. The highest BCUT2D eigenvalue weighted by Gasteiger charge is 2.77. The topological polar surface area (TPSA) is 90.4 Å². The third-order valence-corrected chi connectivity index (χ3v) is 12.7. The number of carbonyl (C=O) groups is 3. The second-order valence-corrected chi connectivity index (χ2v) is 15.5. The van der Waals surface area contributed by atoms with E-state index in [2.05, 4.69) is 20.1 Å². The molecule has 4 aliphatic rings. The number of fused-ring (bicyclic) bond motifs is 1. The summed E-state index contributed by atoms with van der Waals surface area (Å²) in [5, 5.41) is 9.28. The van der Waals surface area contributed by atoms with Gasteiger partial charge in [0.1, 0.15) is 11.8 Å². The van der Waals surface area contributed by atoms with Crippen molar-refractivity contribution in [2.75, 3.05) is 37.7 Å². The highest BCUT2D eigenvalue weighted by atomic mass is 32.2. The average Bonchev–Trinajstić information content (AvgIpc) is 3.63. The van der Waals surface area contributed by atoms with Gasteiger partial charge in [-0.3, -0.25) is 14.4 Å². The molecule has 2 unspecified atom stereocenters. The lowest BCUT2D eigenvalue weighted by molar-refractivity contribution is -0.144. The van der Waals surface area contributed by atoms with Crippen molar-refractivity contribution in [3.05, 3.63) is 49.6 Å². The van der Waals surface area contributed by atoms with E-state index in [1.54, 1.807) is 22.7 Å². The Bertz CT molecular complexity index is 1270. The summed E-state index contributed by atoms with van der Waals surface area (Å²) in [6, 6.07) is 7.07. The molecular formula is C37H53N3O5S. The van der Waals surface area contributed by atoms with Crippen LogP contribution in [-0.4, -0.2) is 87.1 Å². The number of hydrogen-bond donors (Lipinski definition) is 1. The number of hydrogen-bond acceptors (Lipinski definition) is 6. The maximum Gasteiger partial charge on any atom is 0.247 e. The zero-order valence-corrected chi connectivity index (χ0v) is 28.6. The van der Waals surface area contributed by atoms with Crippen LogP contribution >= 0.6 is 11.8 Å². The largest absolute Gasteiger partial charge is 0.494 e. The number of likely N-dealkylation sites (tertiary alicyclic amines) is 1. The number of ether oxygens (including phenoxy) is 1. The van der Waals surface area contributed by atoms with E-state index in [4.69, 9.17) is 4.74 Å². The van der Waals surface area contributed by atoms with Crippen LogP contribution in [0.15, 0.2) is 49.6 Å². The van der Waals surface area contributed by atoms with Crippen LogP contribution in [0.1, 0.15) is 84.5 Å². The molecule has 1 aliphatic carbocycles. The molecule has 1 spiro atoms. The van der Waals surface area contributed by atoms with Crippen LogP contribution in [0.5, 0.6) is 5.75 Å². The number of anilines is 1. The fourth-order valence-electron chi connectivity index (χ4n) is 8.69. The van der Waals surface area contributed by atoms with Gasteiger partial charge < -0.3 is 24.5 Å². The zero-order valence-electron chi connectivity index (χ0n) is 27.8. The third kappa shape index (κ3) is 6.38. The van der Waals surface area contributed by atoms with Gasteiger partial charge in [0.25, 0.3) is 0 Å². The zero-order chi connectivity index (χ0) is 32.9. The molecule has 1 N–H and O–H groups in total. The molecular weight excluding hydrogens is 598 g/mol. The quantitative estimate of drug-likeness (QED) is 0.175. The van der Waals surface area contributed by atoms with Crippen LogP contribution in [-0.2, 0) is 14.4 Å². The summed E-state index contributed by atoms with van der Waals surface area (Å²) in [5.41, 5.74) is 0.743. The Hall–Kier alpha value is -2.78. The Kier molecular flexibility index (Phi) is 11.2. The minimum Gasteiger partial charge on any atom is -0.494 e. The minimum absolute atomic E-state index is 0.0253. The first kappa shape index (κ1) is 34.6. The van der Waals surface area contributed by atoms with Gasteiger partial charge in [0.05, 0.1) is 23.2 Å². The van der Waals surface area contributed by atoms with E-state index in [1.165, 1.54) is 6.42 Å². The van der Waals surface area contributed by atoms with Gasteiger partial charge in [-0.2, -0.15) is 0 Å². The standard InChI is InChI=1S/C37H53N3O5S/c1-5-23-38(28-17-19-29(20-18-28)45-7-3)33(42)30-31-34(43)40(25-13-8-9-14-26-41)32(37(31)22-21-36(30,4)46-37)35(44)39(24-6-2)27-15-11-10-12-16-27/h5-6,17-20,27,30-32,41H,1-2,7-16,21-26H2,3-4H3/t30-,31-,32?,36+,37?/m0/s1. The van der Waals surface area contributed by atoms with Crippen LogP contribution in [0, 0.1) is 11.8 Å². The molecule has 3 amide bonds. The minimum atomic E-state index is -0.652. The first-order chi connectivity index (χ1) is 22.3. The van der Waals surface area contributed by atoms with Crippen molar-refractivity contribution in [1.82, 2.24) is 9.80 Å². The van der Waals surface area contributed by atoms with Crippen molar-refractivity contribution in [1.29, 1.82) is 0 Å². The average molecular weight is 652 g/mol. The fourth-order valence-corrected chi connectivity index (χ4v) is 11.0. The molecule has 8 nitrogen and oxygen atoms in total. The maximum atomic E-state index is 14.9. The van der Waals surface area contributed by atoms with Gasteiger partial charge in [0, 0.05) is 42.7 Å². The van der Waals surface area contributed by atoms with Gasteiger partial charge in [0.15, 0.2) is 0 Å². The first-order valence-corrected chi connectivity index (χ1v) is 18.3. The Morgan fingerprint density at radius 3 is 2.37 bits per heavy atom. The molecule has 5 atom stereocenters. The molecule has 0 aromatic heterocycles. The van der Waals surface area contributed by atoms with Gasteiger partial charge >= 0.3 is 0 Å². The number of nitrogens with zero attached hydrogens (tertiary/aromatic N) is 3. The lowest BCUT2D eigenvalue weighted by Gasteiger charge is -2.41. The van der Waals surface area contributed by atoms with Gasteiger partial charge in [-0.1, -0.05) is 44.3 Å². The third-order valence-electron chi connectivity index (χ3n) is 10.7. The molecule has 0 radical (unpaired) electrons. The van der Waals surface area contributed by atoms with Gasteiger partial charge in [-0.25, -0.2) is 0 Å². The Morgan fingerprint density at radius 1 is 1.02 bits per heavy atom. The predicted octanol–water partition coefficient (Wildman–Crippen LogP) is 5.99. The van der Waals surface area contributed by atoms with E-state index < -0.39 is 27.4 Å². The van der Waals surface area contributed by atoms with E-state index in [-0.39, 0.29) is 30.4 Å². The van der Waals surface area contributed by atoms with Crippen molar-refractivity contribution in [3.63, 3.8) is 0 Å². The smallest absolute Gasteiger partial charge is 0.247 e. The summed E-state index contributed by atoms with van der Waals surface area (Å²) in [5.74, 6) is -0.489. The molecule has 1 aromatic rings. The summed E-state index contributed by atoms with van der Waals surface area (Å²) >= 11 is 1.74. The van der Waals surface area contributed by atoms with Crippen LogP contribution < -0.4 is 9.64 Å². The van der Waals surface area contributed by atoms with E-state index in [1.807, 2.05) is 47.1 Å². The number of thioether (sulfide) groups is 1. The number of aliphatic hydroxyl groups excluding tert-OH is 1. The molecule has 9 heteroatoms. The molecule has 5 rings (SSSR count). The first-order valence-electron chi connectivity index (χ1n) is 17.4. The normalized spacial score (nSPS) is 28.6. The SMILES string of the molecule is C=CCN(C(=O)[C@@H]1[C@H]2C(=O)N(CCCCCCO)C(C(=O)N(CC=C)C3CCCCC3)C23CC[C@@]1(C)S3)c1ccc(OCC)cc1. The molecule has 4 fully saturated rings. The van der Waals surface area contributed by atoms with Crippen molar-refractivity contribution in [2.45, 2.75) is 106 Å². The summed E-state index contributed by atoms with van der Waals surface area (Å²) < 4.78 is 4.53. The van der Waals surface area contributed by atoms with E-state index in [9.17, 15) is 19.5 Å². The monoisotopic (exact) mass is 651 g/mol. The molecule has 3 heterocycles. The van der Waals surface area contributed by atoms with Crippen LogP contribution in [0.2, 0.25) is 0 Å². The number of unbranched alkanes of at least 4 members (excludes halogenated alkanes) is 3. The number of amides is 3. The Morgan fingerprint density at radius 2 is 1.72 bits per heavy atom. The highest BCUT2D eigenvalue weighted by molar-refractivity contribution is 8.02. The molecule has 1 saturated carbocycles. The van der Waals surface area contributed by atoms with Crippen LogP contribution in [0.3, 0.4) is 0 Å². The molecule has 3 saturated heterocycles. The van der Waals surface area contributed by atoms with Crippen molar-refractivity contribution < 1.29 is 24.2 Å². The molecule has 3 aliphatic heterocycles. The van der Waals surface area contributed by atoms with Gasteiger partial charge in [-0.15, -0.1) is 24.9 Å². The maximum absolute atomic E-state index is 14.9. The van der Waals surface area contributed by atoms with Crippen LogP contribution in [0.25, 0.3) is 0 Å². The second kappa shape index (κ2) is 15.0. The fraction of sp³-hybridized carbons (Fsp3) is 0.649. The lowest BCUT2D eigenvalue weighted by atomic mass is 9.66. The van der Waals surface area contributed by atoms with Crippen molar-refractivity contribution in [2.24, 2.45) is 11.8 Å².